The van der Waals surface area contributed by atoms with E-state index >= 15 is 0 Å². The lowest BCUT2D eigenvalue weighted by Gasteiger charge is -2.37. The monoisotopic (exact) mass is 303 g/mol. The van der Waals surface area contributed by atoms with E-state index in [0.717, 1.165) is 5.56 Å². The average Bonchev–Trinajstić information content (AvgIpc) is 2.89. The number of aryl methyl sites for hydroxylation is 1. The summed E-state index contributed by atoms with van der Waals surface area (Å²) in [5, 5.41) is 16.6. The van der Waals surface area contributed by atoms with Gasteiger partial charge in [-0.25, -0.2) is 4.39 Å². The second kappa shape index (κ2) is 5.88. The van der Waals surface area contributed by atoms with Crippen molar-refractivity contribution in [3.63, 3.8) is 0 Å². The minimum absolute atomic E-state index is 0.184. The number of halogens is 1. The van der Waals surface area contributed by atoms with Crippen LogP contribution in [0.4, 0.5) is 4.39 Å². The molecule has 0 radical (unpaired) electrons. The molecule has 6 heteroatoms. The zero-order chi connectivity index (χ0) is 15.7. The molecule has 1 aliphatic rings. The van der Waals surface area contributed by atoms with Crippen LogP contribution in [0.2, 0.25) is 0 Å². The number of aliphatic hydroxyl groups excluding tert-OH is 1. The maximum Gasteiger partial charge on any atom is 0.251 e. The Morgan fingerprint density at radius 1 is 1.41 bits per heavy atom. The maximum atomic E-state index is 12.9. The molecule has 0 aliphatic heterocycles. The topological polar surface area (TPSA) is 67.2 Å². The van der Waals surface area contributed by atoms with Crippen molar-refractivity contribution in [3.05, 3.63) is 53.6 Å². The molecule has 0 bridgehead atoms. The molecule has 2 N–H and O–H groups in total. The number of carbonyl (C=O) groups excluding carboxylic acids is 1. The fourth-order valence-electron chi connectivity index (χ4n) is 2.80. The number of amides is 1. The standard InChI is InChI=1S/C16H18FN3O2/c1-20-9-12(8-18-20)15(11-6-14(21)7-11)19-16(22)10-2-4-13(17)5-3-10/h2-5,8-9,11,14-15,21H,6-7H2,1H3,(H,19,22)/t11?,14?,15-/m0/s1. The van der Waals surface area contributed by atoms with Gasteiger partial charge in [-0.1, -0.05) is 0 Å². The molecule has 0 saturated heterocycles. The van der Waals surface area contributed by atoms with Gasteiger partial charge in [0.05, 0.1) is 18.3 Å². The molecule has 1 aromatic carbocycles. The van der Waals surface area contributed by atoms with Crippen LogP contribution in [0.15, 0.2) is 36.7 Å². The Balaban J connectivity index is 1.77. The molecule has 1 atom stereocenters. The third kappa shape index (κ3) is 3.01. The number of rotatable bonds is 4. The van der Waals surface area contributed by atoms with Gasteiger partial charge in [-0.3, -0.25) is 9.48 Å². The second-order valence-electron chi connectivity index (χ2n) is 5.79. The number of nitrogens with zero attached hydrogens (tertiary/aromatic N) is 2. The van der Waals surface area contributed by atoms with Crippen LogP contribution in [0.1, 0.15) is 34.8 Å². The molecule has 5 nitrogen and oxygen atoms in total. The summed E-state index contributed by atoms with van der Waals surface area (Å²) in [5.74, 6) is -0.443. The van der Waals surface area contributed by atoms with E-state index < -0.39 is 0 Å². The lowest BCUT2D eigenvalue weighted by atomic mass is 9.75. The molecule has 116 valence electrons. The molecule has 1 saturated carbocycles. The summed E-state index contributed by atoms with van der Waals surface area (Å²) in [6, 6.07) is 5.25. The average molecular weight is 303 g/mol. The van der Waals surface area contributed by atoms with Crippen molar-refractivity contribution in [1.82, 2.24) is 15.1 Å². The van der Waals surface area contributed by atoms with E-state index in [2.05, 4.69) is 10.4 Å². The summed E-state index contributed by atoms with van der Waals surface area (Å²) in [6.07, 6.45) is 4.60. The molecular formula is C16H18FN3O2. The Kier molecular flexibility index (Phi) is 3.94. The highest BCUT2D eigenvalue weighted by Gasteiger charge is 2.36. The smallest absolute Gasteiger partial charge is 0.251 e. The third-order valence-electron chi connectivity index (χ3n) is 4.10. The summed E-state index contributed by atoms with van der Waals surface area (Å²) in [6.45, 7) is 0. The van der Waals surface area contributed by atoms with Crippen LogP contribution in [0.3, 0.4) is 0 Å². The largest absolute Gasteiger partial charge is 0.393 e. The Hall–Kier alpha value is -2.21. The maximum absolute atomic E-state index is 12.9. The van der Waals surface area contributed by atoms with Gasteiger partial charge in [0.25, 0.3) is 5.91 Å². The number of hydrogen-bond donors (Lipinski definition) is 2. The Labute approximate surface area is 127 Å². The molecule has 0 spiro atoms. The molecule has 1 fully saturated rings. The van der Waals surface area contributed by atoms with Crippen LogP contribution in [0.5, 0.6) is 0 Å². The predicted molar refractivity (Wildman–Crippen MR) is 78.5 cm³/mol. The van der Waals surface area contributed by atoms with Gasteiger partial charge in [-0.15, -0.1) is 0 Å². The molecule has 1 aliphatic carbocycles. The summed E-state index contributed by atoms with van der Waals surface area (Å²) in [5.41, 5.74) is 1.32. The van der Waals surface area contributed by atoms with Crippen LogP contribution in [0, 0.1) is 11.7 Å². The van der Waals surface area contributed by atoms with Crippen LogP contribution in [0.25, 0.3) is 0 Å². The molecule has 1 amide bonds. The molecule has 22 heavy (non-hydrogen) atoms. The lowest BCUT2D eigenvalue weighted by molar-refractivity contribution is 0.0235. The summed E-state index contributed by atoms with van der Waals surface area (Å²) >= 11 is 0. The summed E-state index contributed by atoms with van der Waals surface area (Å²) in [7, 11) is 1.82. The number of aliphatic hydroxyl groups is 1. The van der Waals surface area contributed by atoms with E-state index in [9.17, 15) is 14.3 Å². The van der Waals surface area contributed by atoms with Gasteiger partial charge in [0.1, 0.15) is 5.82 Å². The Morgan fingerprint density at radius 2 is 2.09 bits per heavy atom. The van der Waals surface area contributed by atoms with Gasteiger partial charge >= 0.3 is 0 Å². The third-order valence-corrected chi connectivity index (χ3v) is 4.10. The minimum atomic E-state index is -0.373. The first-order valence-corrected chi connectivity index (χ1v) is 7.26. The zero-order valence-corrected chi connectivity index (χ0v) is 12.2. The second-order valence-corrected chi connectivity index (χ2v) is 5.79. The SMILES string of the molecule is Cn1cc([C@@H](NC(=O)c2ccc(F)cc2)C2CC(O)C2)cn1. The number of aromatic nitrogens is 2. The van der Waals surface area contributed by atoms with E-state index in [1.165, 1.54) is 24.3 Å². The molecule has 2 aromatic rings. The van der Waals surface area contributed by atoms with Crippen molar-refractivity contribution >= 4 is 5.91 Å². The van der Waals surface area contributed by atoms with E-state index in [4.69, 9.17) is 0 Å². The highest BCUT2D eigenvalue weighted by Crippen LogP contribution is 2.38. The first kappa shape index (κ1) is 14.7. The number of carbonyl (C=O) groups is 1. The molecule has 1 heterocycles. The van der Waals surface area contributed by atoms with Crippen molar-refractivity contribution in [2.45, 2.75) is 25.0 Å². The van der Waals surface area contributed by atoms with Crippen LogP contribution in [-0.2, 0) is 7.05 Å². The summed E-state index contributed by atoms with van der Waals surface area (Å²) in [4.78, 5) is 12.3. The van der Waals surface area contributed by atoms with Gasteiger partial charge in [0.2, 0.25) is 0 Å². The van der Waals surface area contributed by atoms with Crippen molar-refractivity contribution in [1.29, 1.82) is 0 Å². The van der Waals surface area contributed by atoms with Crippen LogP contribution in [-0.4, -0.2) is 26.9 Å². The molecule has 1 aromatic heterocycles. The van der Waals surface area contributed by atoms with E-state index in [1.807, 2.05) is 13.2 Å². The van der Waals surface area contributed by atoms with Gasteiger partial charge in [-0.05, 0) is 43.0 Å². The van der Waals surface area contributed by atoms with Crippen molar-refractivity contribution in [3.8, 4) is 0 Å². The highest BCUT2D eigenvalue weighted by molar-refractivity contribution is 5.94. The minimum Gasteiger partial charge on any atom is -0.393 e. The number of nitrogens with one attached hydrogen (secondary N) is 1. The van der Waals surface area contributed by atoms with Crippen LogP contribution >= 0.6 is 0 Å². The van der Waals surface area contributed by atoms with Crippen molar-refractivity contribution < 1.29 is 14.3 Å². The Bertz CT molecular complexity index is 662. The zero-order valence-electron chi connectivity index (χ0n) is 12.2. The van der Waals surface area contributed by atoms with Gasteiger partial charge in [0, 0.05) is 24.4 Å². The van der Waals surface area contributed by atoms with Gasteiger partial charge in [0.15, 0.2) is 0 Å². The van der Waals surface area contributed by atoms with Crippen molar-refractivity contribution in [2.24, 2.45) is 13.0 Å². The lowest BCUT2D eigenvalue weighted by Crippen LogP contribution is -2.41. The van der Waals surface area contributed by atoms with Gasteiger partial charge < -0.3 is 10.4 Å². The van der Waals surface area contributed by atoms with E-state index in [1.54, 1.807) is 10.9 Å². The normalized spacial score (nSPS) is 22.0. The van der Waals surface area contributed by atoms with Crippen LogP contribution < -0.4 is 5.32 Å². The predicted octanol–water partition coefficient (Wildman–Crippen LogP) is 1.80. The van der Waals surface area contributed by atoms with E-state index in [0.29, 0.717) is 18.4 Å². The molecular weight excluding hydrogens is 285 g/mol. The quantitative estimate of drug-likeness (QED) is 0.905. The van der Waals surface area contributed by atoms with E-state index in [-0.39, 0.29) is 29.8 Å². The Morgan fingerprint density at radius 3 is 2.64 bits per heavy atom. The summed E-state index contributed by atoms with van der Waals surface area (Å²) < 4.78 is 14.6. The number of benzene rings is 1. The fourth-order valence-corrected chi connectivity index (χ4v) is 2.80. The number of hydrogen-bond acceptors (Lipinski definition) is 3. The first-order valence-electron chi connectivity index (χ1n) is 7.26. The highest BCUT2D eigenvalue weighted by atomic mass is 19.1. The molecule has 3 rings (SSSR count). The van der Waals surface area contributed by atoms with Crippen molar-refractivity contribution in [2.75, 3.05) is 0 Å². The molecule has 0 unspecified atom stereocenters. The first-order chi connectivity index (χ1) is 10.5. The fraction of sp³-hybridized carbons (Fsp3) is 0.375. The van der Waals surface area contributed by atoms with Gasteiger partial charge in [-0.2, -0.15) is 5.10 Å².